The fraction of sp³-hybridized carbons (Fsp3) is 0.500. The van der Waals surface area contributed by atoms with Crippen molar-refractivity contribution in [2.24, 2.45) is 5.41 Å². The average Bonchev–Trinajstić information content (AvgIpc) is 3.01. The number of aromatic amines is 1. The Balaban J connectivity index is 1.88. The maximum atomic E-state index is 13.9. The first-order valence-electron chi connectivity index (χ1n) is 7.05. The summed E-state index contributed by atoms with van der Waals surface area (Å²) in [6, 6.07) is -0.338. The molecule has 1 fully saturated rings. The lowest BCUT2D eigenvalue weighted by Gasteiger charge is -2.20. The van der Waals surface area contributed by atoms with Gasteiger partial charge in [0.25, 0.3) is 17.5 Å². The fourth-order valence-corrected chi connectivity index (χ4v) is 2.80. The van der Waals surface area contributed by atoms with Crippen LogP contribution in [0.1, 0.15) is 6.42 Å². The molecule has 1 aliphatic carbocycles. The third kappa shape index (κ3) is 2.82. The first kappa shape index (κ1) is 17.0. The summed E-state index contributed by atoms with van der Waals surface area (Å²) in [7, 11) is 3.35. The molecule has 2 aromatic rings. The highest BCUT2D eigenvalue weighted by molar-refractivity contribution is 6.30. The van der Waals surface area contributed by atoms with Crippen LogP contribution in [0.5, 0.6) is 6.01 Å². The molecule has 0 aliphatic heterocycles. The van der Waals surface area contributed by atoms with Gasteiger partial charge in [0.2, 0.25) is 0 Å². The van der Waals surface area contributed by atoms with E-state index in [-0.39, 0.29) is 36.5 Å². The SMILES string of the molecule is CN(C)C[C@]1(COc2nc3c(F)c(Cl)ncc3c(=O)[nH]2)CC1(F)F. The largest absolute Gasteiger partial charge is 0.464 e. The second kappa shape index (κ2) is 5.59. The fourth-order valence-electron chi connectivity index (χ4n) is 2.66. The molecule has 1 N–H and O–H groups in total. The minimum absolute atomic E-state index is 0.107. The molecule has 0 saturated heterocycles. The normalized spacial score (nSPS) is 22.1. The molecule has 2 heterocycles. The minimum atomic E-state index is -2.85. The van der Waals surface area contributed by atoms with Gasteiger partial charge in [-0.25, -0.2) is 18.2 Å². The number of H-pyrrole nitrogens is 1. The van der Waals surface area contributed by atoms with Crippen LogP contribution in [0.15, 0.2) is 11.0 Å². The number of fused-ring (bicyclic) bond motifs is 1. The Morgan fingerprint density at radius 3 is 2.71 bits per heavy atom. The predicted molar refractivity (Wildman–Crippen MR) is 81.2 cm³/mol. The lowest BCUT2D eigenvalue weighted by Crippen LogP contribution is -2.32. The molecule has 3 rings (SSSR count). The lowest BCUT2D eigenvalue weighted by molar-refractivity contribution is 0.0288. The van der Waals surface area contributed by atoms with Gasteiger partial charge in [-0.15, -0.1) is 0 Å². The zero-order valence-corrected chi connectivity index (χ0v) is 13.6. The van der Waals surface area contributed by atoms with Gasteiger partial charge in [0.05, 0.1) is 10.8 Å². The number of pyridine rings is 1. The van der Waals surface area contributed by atoms with Crippen LogP contribution in [0.4, 0.5) is 13.2 Å². The van der Waals surface area contributed by atoms with E-state index in [2.05, 4.69) is 15.0 Å². The molecule has 1 atom stereocenters. The van der Waals surface area contributed by atoms with Gasteiger partial charge in [-0.1, -0.05) is 11.6 Å². The van der Waals surface area contributed by atoms with E-state index < -0.39 is 27.9 Å². The van der Waals surface area contributed by atoms with E-state index in [0.717, 1.165) is 6.20 Å². The Kier molecular flexibility index (Phi) is 3.95. The topological polar surface area (TPSA) is 71.1 Å². The van der Waals surface area contributed by atoms with Crippen LogP contribution in [-0.4, -0.2) is 53.0 Å². The quantitative estimate of drug-likeness (QED) is 0.825. The van der Waals surface area contributed by atoms with Crippen LogP contribution in [0, 0.1) is 11.2 Å². The number of nitrogens with one attached hydrogen (secondary N) is 1. The van der Waals surface area contributed by atoms with Crippen molar-refractivity contribution >= 4 is 22.5 Å². The van der Waals surface area contributed by atoms with Crippen molar-refractivity contribution in [3.63, 3.8) is 0 Å². The van der Waals surface area contributed by atoms with E-state index in [4.69, 9.17) is 16.3 Å². The molecule has 6 nitrogen and oxygen atoms in total. The number of nitrogens with zero attached hydrogens (tertiary/aromatic N) is 3. The zero-order valence-electron chi connectivity index (χ0n) is 12.9. The third-order valence-corrected chi connectivity index (χ3v) is 4.21. The van der Waals surface area contributed by atoms with Crippen molar-refractivity contribution < 1.29 is 17.9 Å². The first-order chi connectivity index (χ1) is 11.2. The number of halogens is 4. The number of aromatic nitrogens is 3. The molecule has 24 heavy (non-hydrogen) atoms. The molecule has 2 aromatic heterocycles. The highest BCUT2D eigenvalue weighted by Crippen LogP contribution is 2.60. The number of hydrogen-bond donors (Lipinski definition) is 1. The Labute approximate surface area is 139 Å². The highest BCUT2D eigenvalue weighted by atomic mass is 35.5. The van der Waals surface area contributed by atoms with Crippen molar-refractivity contribution in [3.8, 4) is 6.01 Å². The van der Waals surface area contributed by atoms with E-state index in [1.807, 2.05) is 0 Å². The molecule has 10 heteroatoms. The van der Waals surface area contributed by atoms with Gasteiger partial charge >= 0.3 is 0 Å². The molecule has 1 saturated carbocycles. The van der Waals surface area contributed by atoms with Crippen molar-refractivity contribution in [1.82, 2.24) is 19.9 Å². The monoisotopic (exact) mass is 362 g/mol. The van der Waals surface area contributed by atoms with E-state index in [1.165, 1.54) is 0 Å². The van der Waals surface area contributed by atoms with Crippen molar-refractivity contribution in [2.45, 2.75) is 12.3 Å². The number of hydrogen-bond acceptors (Lipinski definition) is 5. The second-order valence-electron chi connectivity index (χ2n) is 6.18. The minimum Gasteiger partial charge on any atom is -0.464 e. The maximum absolute atomic E-state index is 13.9. The van der Waals surface area contributed by atoms with Crippen LogP contribution in [0.3, 0.4) is 0 Å². The van der Waals surface area contributed by atoms with Crippen LogP contribution >= 0.6 is 11.6 Å². The number of alkyl halides is 2. The van der Waals surface area contributed by atoms with Gasteiger partial charge in [0.15, 0.2) is 11.0 Å². The van der Waals surface area contributed by atoms with Crippen LogP contribution in [-0.2, 0) is 0 Å². The maximum Gasteiger partial charge on any atom is 0.297 e. The summed E-state index contributed by atoms with van der Waals surface area (Å²) < 4.78 is 46.6. The summed E-state index contributed by atoms with van der Waals surface area (Å²) in [5, 5.41) is -0.548. The van der Waals surface area contributed by atoms with Crippen molar-refractivity contribution in [1.29, 1.82) is 0 Å². The highest BCUT2D eigenvalue weighted by Gasteiger charge is 2.71. The molecule has 0 aromatic carbocycles. The molecule has 0 amide bonds. The molecular formula is C14H14ClF3N4O2. The molecule has 0 spiro atoms. The van der Waals surface area contributed by atoms with Crippen LogP contribution in [0.2, 0.25) is 5.15 Å². The summed E-state index contributed by atoms with van der Waals surface area (Å²) in [6.07, 6.45) is 0.763. The molecule has 130 valence electrons. The molecular weight excluding hydrogens is 349 g/mol. The van der Waals surface area contributed by atoms with Gasteiger partial charge < -0.3 is 9.64 Å². The molecule has 0 radical (unpaired) electrons. The Morgan fingerprint density at radius 1 is 1.46 bits per heavy atom. The first-order valence-corrected chi connectivity index (χ1v) is 7.42. The smallest absolute Gasteiger partial charge is 0.297 e. The van der Waals surface area contributed by atoms with E-state index in [9.17, 15) is 18.0 Å². The number of ether oxygens (including phenoxy) is 1. The van der Waals surface area contributed by atoms with Gasteiger partial charge in [0, 0.05) is 19.2 Å². The number of rotatable bonds is 5. The second-order valence-corrected chi connectivity index (χ2v) is 6.54. The van der Waals surface area contributed by atoms with E-state index in [1.54, 1.807) is 19.0 Å². The standard InChI is InChI=1S/C14H14ClF3N4O2/c1-22(2)5-13(4-14(13,17)18)6-24-12-20-9-7(11(23)21-12)3-19-10(15)8(9)16/h3H,4-6H2,1-2H3,(H,20,21,23)/t13-/m0/s1. The molecule has 0 unspecified atom stereocenters. The van der Waals surface area contributed by atoms with E-state index >= 15 is 0 Å². The summed E-state index contributed by atoms with van der Waals surface area (Å²) >= 11 is 5.56. The Hall–Kier alpha value is -1.87. The van der Waals surface area contributed by atoms with Gasteiger partial charge in [-0.2, -0.15) is 4.98 Å². The van der Waals surface area contributed by atoms with E-state index in [0.29, 0.717) is 0 Å². The zero-order chi connectivity index (χ0) is 17.7. The third-order valence-electron chi connectivity index (χ3n) is 3.94. The summed E-state index contributed by atoms with van der Waals surface area (Å²) in [5.41, 5.74) is -2.36. The van der Waals surface area contributed by atoms with Gasteiger partial charge in [-0.05, 0) is 14.1 Å². The Morgan fingerprint density at radius 2 is 2.12 bits per heavy atom. The summed E-state index contributed by atoms with van der Waals surface area (Å²) in [4.78, 5) is 23.2. The van der Waals surface area contributed by atoms with Crippen LogP contribution < -0.4 is 10.3 Å². The van der Waals surface area contributed by atoms with Gasteiger partial charge in [0.1, 0.15) is 12.1 Å². The lowest BCUT2D eigenvalue weighted by atomic mass is 10.1. The molecule has 0 bridgehead atoms. The van der Waals surface area contributed by atoms with Crippen LogP contribution in [0.25, 0.3) is 10.9 Å². The molecule has 1 aliphatic rings. The van der Waals surface area contributed by atoms with Gasteiger partial charge in [-0.3, -0.25) is 9.78 Å². The summed E-state index contributed by atoms with van der Waals surface area (Å²) in [5.74, 6) is -3.82. The van der Waals surface area contributed by atoms with Crippen molar-refractivity contribution in [3.05, 3.63) is 27.5 Å². The summed E-state index contributed by atoms with van der Waals surface area (Å²) in [6.45, 7) is -0.241. The average molecular weight is 363 g/mol. The Bertz CT molecular complexity index is 858. The van der Waals surface area contributed by atoms with Crippen molar-refractivity contribution in [2.75, 3.05) is 27.2 Å². The predicted octanol–water partition coefficient (Wildman–Crippen LogP) is 2.08.